The fraction of sp³-hybridized carbons (Fsp3) is 0.409. The van der Waals surface area contributed by atoms with E-state index >= 15 is 0 Å². The highest BCUT2D eigenvalue weighted by molar-refractivity contribution is 7.18. The van der Waals surface area contributed by atoms with Crippen LogP contribution in [0.2, 0.25) is 0 Å². The van der Waals surface area contributed by atoms with Crippen LogP contribution in [0.3, 0.4) is 0 Å². The highest BCUT2D eigenvalue weighted by atomic mass is 32.1. The second kappa shape index (κ2) is 7.86. The SMILES string of the molecule is N#Cc1c(NC(=O)C[NH+]2CCC[C@@H]2c2nc3ccccc3s2)sc2c1CCCC2. The first-order valence-corrected chi connectivity index (χ1v) is 11.9. The minimum absolute atomic E-state index is 0.00288. The molecule has 29 heavy (non-hydrogen) atoms. The van der Waals surface area contributed by atoms with Crippen molar-refractivity contribution < 1.29 is 9.69 Å². The zero-order valence-corrected chi connectivity index (χ0v) is 17.8. The molecule has 1 unspecified atom stereocenters. The van der Waals surface area contributed by atoms with E-state index in [-0.39, 0.29) is 11.9 Å². The van der Waals surface area contributed by atoms with Gasteiger partial charge in [-0.1, -0.05) is 12.1 Å². The number of carbonyl (C=O) groups excluding carboxylic acids is 1. The minimum Gasteiger partial charge on any atom is -0.319 e. The van der Waals surface area contributed by atoms with Crippen molar-refractivity contribution in [2.24, 2.45) is 0 Å². The Morgan fingerprint density at radius 1 is 1.24 bits per heavy atom. The summed E-state index contributed by atoms with van der Waals surface area (Å²) in [7, 11) is 0. The molecule has 3 aromatic rings. The van der Waals surface area contributed by atoms with Crippen LogP contribution in [-0.4, -0.2) is 24.0 Å². The molecule has 0 spiro atoms. The number of quaternary nitrogens is 1. The van der Waals surface area contributed by atoms with Gasteiger partial charge in [0.15, 0.2) is 11.6 Å². The van der Waals surface area contributed by atoms with Crippen LogP contribution in [0.5, 0.6) is 0 Å². The fourth-order valence-corrected chi connectivity index (χ4v) is 7.03. The number of nitrogens with one attached hydrogen (secondary N) is 2. The number of anilines is 1. The molecule has 1 saturated heterocycles. The maximum Gasteiger partial charge on any atom is 0.280 e. The number of nitrogens with zero attached hydrogens (tertiary/aromatic N) is 2. The third-order valence-electron chi connectivity index (χ3n) is 6.02. The van der Waals surface area contributed by atoms with E-state index in [1.54, 1.807) is 22.7 Å². The summed E-state index contributed by atoms with van der Waals surface area (Å²) >= 11 is 3.35. The van der Waals surface area contributed by atoms with Gasteiger partial charge in [0.1, 0.15) is 17.1 Å². The second-order valence-electron chi connectivity index (χ2n) is 7.87. The lowest BCUT2D eigenvalue weighted by molar-refractivity contribution is -0.910. The van der Waals surface area contributed by atoms with E-state index in [4.69, 9.17) is 4.98 Å². The first kappa shape index (κ1) is 18.7. The van der Waals surface area contributed by atoms with Gasteiger partial charge >= 0.3 is 0 Å². The van der Waals surface area contributed by atoms with Gasteiger partial charge < -0.3 is 10.2 Å². The van der Waals surface area contributed by atoms with E-state index in [1.165, 1.54) is 26.5 Å². The third kappa shape index (κ3) is 3.57. The molecular weight excluding hydrogens is 400 g/mol. The van der Waals surface area contributed by atoms with Gasteiger partial charge in [0.05, 0.1) is 22.3 Å². The molecule has 1 fully saturated rings. The van der Waals surface area contributed by atoms with Gasteiger partial charge in [-0.2, -0.15) is 5.26 Å². The Kier molecular flexibility index (Phi) is 5.08. The first-order chi connectivity index (χ1) is 14.2. The van der Waals surface area contributed by atoms with Gasteiger partial charge in [-0.05, 0) is 43.4 Å². The molecule has 0 radical (unpaired) electrons. The summed E-state index contributed by atoms with van der Waals surface area (Å²) in [4.78, 5) is 20.2. The van der Waals surface area contributed by atoms with Crippen molar-refractivity contribution >= 4 is 43.8 Å². The van der Waals surface area contributed by atoms with Gasteiger partial charge in [0.2, 0.25) is 0 Å². The molecule has 7 heteroatoms. The molecule has 2 aliphatic rings. The fourth-order valence-electron chi connectivity index (χ4n) is 4.61. The zero-order chi connectivity index (χ0) is 19.8. The van der Waals surface area contributed by atoms with E-state index in [0.29, 0.717) is 12.1 Å². The van der Waals surface area contributed by atoms with Crippen LogP contribution in [0.25, 0.3) is 10.2 Å². The number of amides is 1. The Hall–Kier alpha value is -2.27. The number of aryl methyl sites for hydroxylation is 1. The molecule has 0 bridgehead atoms. The number of thiazole rings is 1. The Morgan fingerprint density at radius 3 is 2.97 bits per heavy atom. The van der Waals surface area contributed by atoms with E-state index in [0.717, 1.165) is 54.2 Å². The van der Waals surface area contributed by atoms with Crippen molar-refractivity contribution in [3.63, 3.8) is 0 Å². The van der Waals surface area contributed by atoms with Crippen molar-refractivity contribution in [2.75, 3.05) is 18.4 Å². The molecule has 1 aliphatic heterocycles. The number of hydrogen-bond acceptors (Lipinski definition) is 5. The number of nitriles is 1. The highest BCUT2D eigenvalue weighted by Crippen LogP contribution is 2.37. The number of carbonyl (C=O) groups is 1. The average Bonchev–Trinajstić information content (AvgIpc) is 3.43. The van der Waals surface area contributed by atoms with E-state index in [9.17, 15) is 10.1 Å². The van der Waals surface area contributed by atoms with Crippen LogP contribution < -0.4 is 10.2 Å². The Balaban J connectivity index is 1.31. The van der Waals surface area contributed by atoms with Crippen molar-refractivity contribution in [3.8, 4) is 6.07 Å². The van der Waals surface area contributed by atoms with Gasteiger partial charge in [0.25, 0.3) is 5.91 Å². The molecule has 2 N–H and O–H groups in total. The third-order valence-corrected chi connectivity index (χ3v) is 8.37. The molecule has 5 nitrogen and oxygen atoms in total. The average molecular weight is 424 g/mol. The van der Waals surface area contributed by atoms with Crippen molar-refractivity contribution in [1.29, 1.82) is 5.26 Å². The smallest absolute Gasteiger partial charge is 0.280 e. The summed E-state index contributed by atoms with van der Waals surface area (Å²) in [5.74, 6) is 0.00288. The molecular formula is C22H23N4OS2+. The summed E-state index contributed by atoms with van der Waals surface area (Å²) in [6.45, 7) is 1.41. The number of benzene rings is 1. The lowest BCUT2D eigenvalue weighted by atomic mass is 9.96. The monoisotopic (exact) mass is 423 g/mol. The van der Waals surface area contributed by atoms with E-state index < -0.39 is 0 Å². The maximum absolute atomic E-state index is 12.8. The summed E-state index contributed by atoms with van der Waals surface area (Å²) in [5, 5.41) is 14.6. The highest BCUT2D eigenvalue weighted by Gasteiger charge is 2.34. The lowest BCUT2D eigenvalue weighted by Crippen LogP contribution is -3.11. The molecule has 5 rings (SSSR count). The number of aromatic nitrogens is 1. The largest absolute Gasteiger partial charge is 0.319 e. The van der Waals surface area contributed by atoms with Crippen LogP contribution in [0.4, 0.5) is 5.00 Å². The van der Waals surface area contributed by atoms with E-state index in [2.05, 4.69) is 23.5 Å². The Bertz CT molecular complexity index is 1080. The molecule has 3 heterocycles. The standard InChI is InChI=1S/C22H22N4OS2/c23-12-15-14-6-1-3-9-18(14)28-21(15)25-20(27)13-26-11-5-8-17(26)22-24-16-7-2-4-10-19(16)29-22/h2,4,7,10,17H,1,3,5-6,8-9,11,13H2,(H,25,27)/p+1/t17-/m1/s1. The summed E-state index contributed by atoms with van der Waals surface area (Å²) < 4.78 is 1.21. The molecule has 1 aromatic carbocycles. The zero-order valence-electron chi connectivity index (χ0n) is 16.2. The minimum atomic E-state index is 0.00288. The molecule has 2 atom stereocenters. The lowest BCUT2D eigenvalue weighted by Gasteiger charge is -2.19. The number of thiophene rings is 1. The van der Waals surface area contributed by atoms with E-state index in [1.807, 2.05) is 12.1 Å². The topological polar surface area (TPSA) is 70.2 Å². The number of hydrogen-bond donors (Lipinski definition) is 2. The molecule has 148 valence electrons. The maximum atomic E-state index is 12.8. The normalized spacial score (nSPS) is 21.1. The number of likely N-dealkylation sites (tertiary alicyclic amines) is 1. The van der Waals surface area contributed by atoms with Gasteiger partial charge in [-0.15, -0.1) is 22.7 Å². The Morgan fingerprint density at radius 2 is 2.10 bits per heavy atom. The predicted molar refractivity (Wildman–Crippen MR) is 117 cm³/mol. The van der Waals surface area contributed by atoms with Crippen molar-refractivity contribution in [1.82, 2.24) is 4.98 Å². The van der Waals surface area contributed by atoms with Crippen LogP contribution in [-0.2, 0) is 17.6 Å². The Labute approximate surface area is 178 Å². The van der Waals surface area contributed by atoms with Gasteiger partial charge in [-0.25, -0.2) is 4.98 Å². The first-order valence-electron chi connectivity index (χ1n) is 10.3. The molecule has 1 amide bonds. The summed E-state index contributed by atoms with van der Waals surface area (Å²) in [6.07, 6.45) is 6.48. The van der Waals surface area contributed by atoms with Crippen molar-refractivity contribution in [2.45, 2.75) is 44.6 Å². The number of rotatable bonds is 4. The van der Waals surface area contributed by atoms with Crippen LogP contribution in [0.15, 0.2) is 24.3 Å². The van der Waals surface area contributed by atoms with Gasteiger partial charge in [-0.3, -0.25) is 4.79 Å². The second-order valence-corrected chi connectivity index (χ2v) is 10.0. The number of fused-ring (bicyclic) bond motifs is 2. The molecule has 2 aromatic heterocycles. The van der Waals surface area contributed by atoms with Crippen molar-refractivity contribution in [3.05, 3.63) is 45.3 Å². The molecule has 1 aliphatic carbocycles. The quantitative estimate of drug-likeness (QED) is 0.675. The predicted octanol–water partition coefficient (Wildman–Crippen LogP) is 3.47. The van der Waals surface area contributed by atoms with Crippen LogP contribution >= 0.6 is 22.7 Å². The summed E-state index contributed by atoms with van der Waals surface area (Å²) in [5.41, 5.74) is 2.91. The summed E-state index contributed by atoms with van der Waals surface area (Å²) in [6, 6.07) is 10.8. The van der Waals surface area contributed by atoms with Crippen LogP contribution in [0, 0.1) is 11.3 Å². The van der Waals surface area contributed by atoms with Crippen LogP contribution in [0.1, 0.15) is 52.7 Å². The number of para-hydroxylation sites is 1. The molecule has 0 saturated carbocycles. The van der Waals surface area contributed by atoms with Gasteiger partial charge in [0, 0.05) is 17.7 Å².